The Bertz CT molecular complexity index is 1100. The number of Topliss-reactive ketones (excluding diaryl/α,β-unsaturated/α-hetero) is 1. The second-order valence-electron chi connectivity index (χ2n) is 6.06. The molecule has 0 spiro atoms. The number of rotatable bonds is 4. The van der Waals surface area contributed by atoms with E-state index in [9.17, 15) is 14.9 Å². The lowest BCUT2D eigenvalue weighted by atomic mass is 10.0. The van der Waals surface area contributed by atoms with Crippen LogP contribution < -0.4 is 5.32 Å². The zero-order valence-corrected chi connectivity index (χ0v) is 14.7. The molecule has 1 aliphatic rings. The van der Waals surface area contributed by atoms with Gasteiger partial charge in [-0.15, -0.1) is 0 Å². The molecule has 132 valence electrons. The van der Waals surface area contributed by atoms with E-state index in [2.05, 4.69) is 5.32 Å². The second-order valence-corrected chi connectivity index (χ2v) is 6.50. The first kappa shape index (κ1) is 17.0. The average molecular weight is 377 g/mol. The zero-order chi connectivity index (χ0) is 19.0. The third-order valence-corrected chi connectivity index (χ3v) is 4.61. The minimum atomic E-state index is -0.464. The lowest BCUT2D eigenvalue weighted by Crippen LogP contribution is -2.01. The van der Waals surface area contributed by atoms with E-state index in [1.165, 1.54) is 12.1 Å². The summed E-state index contributed by atoms with van der Waals surface area (Å²) < 4.78 is 0. The van der Waals surface area contributed by atoms with Gasteiger partial charge in [0.25, 0.3) is 5.69 Å². The Morgan fingerprint density at radius 2 is 1.59 bits per heavy atom. The van der Waals surface area contributed by atoms with E-state index < -0.39 is 4.92 Å². The summed E-state index contributed by atoms with van der Waals surface area (Å²) in [7, 11) is 0. The number of nitrogens with zero attached hydrogens (tertiary/aromatic N) is 1. The van der Waals surface area contributed by atoms with Crippen molar-refractivity contribution in [1.29, 1.82) is 0 Å². The number of hydrogen-bond donors (Lipinski definition) is 1. The van der Waals surface area contributed by atoms with Crippen LogP contribution in [0.25, 0.3) is 11.3 Å². The number of nitro benzene ring substituents is 1. The maximum Gasteiger partial charge on any atom is 0.269 e. The molecule has 4 rings (SSSR count). The Balaban J connectivity index is 1.86. The highest BCUT2D eigenvalue weighted by molar-refractivity contribution is 6.40. The van der Waals surface area contributed by atoms with Crippen molar-refractivity contribution in [2.24, 2.45) is 0 Å². The van der Waals surface area contributed by atoms with Crippen LogP contribution in [0.15, 0.2) is 72.8 Å². The first-order valence-corrected chi connectivity index (χ1v) is 8.58. The van der Waals surface area contributed by atoms with Crippen molar-refractivity contribution in [3.05, 3.63) is 105 Å². The summed E-state index contributed by atoms with van der Waals surface area (Å²) in [4.78, 5) is 23.5. The normalized spacial score (nSPS) is 12.9. The molecule has 5 nitrogen and oxygen atoms in total. The summed E-state index contributed by atoms with van der Waals surface area (Å²) in [6.45, 7) is 0. The standard InChI is InChI=1S/C21H13ClN2O3/c22-14-4-3-5-15(12-14)23-20-17-6-1-2-7-18(17)21(25)19(20)13-8-10-16(11-9-13)24(26)27/h1-12,23H. The second kappa shape index (κ2) is 6.70. The number of ketones is 1. The lowest BCUT2D eigenvalue weighted by molar-refractivity contribution is -0.384. The number of anilines is 1. The number of carbonyl (C=O) groups excluding carboxylic acids is 1. The summed E-state index contributed by atoms with van der Waals surface area (Å²) in [5, 5.41) is 14.8. The maximum atomic E-state index is 13.0. The molecule has 0 bridgehead atoms. The van der Waals surface area contributed by atoms with Gasteiger partial charge in [0.05, 0.1) is 16.2 Å². The highest BCUT2D eigenvalue weighted by Gasteiger charge is 2.30. The topological polar surface area (TPSA) is 72.2 Å². The van der Waals surface area contributed by atoms with Crippen molar-refractivity contribution in [3.63, 3.8) is 0 Å². The molecule has 3 aromatic rings. The van der Waals surface area contributed by atoms with E-state index in [1.54, 1.807) is 30.3 Å². The monoisotopic (exact) mass is 376 g/mol. The molecule has 1 N–H and O–H groups in total. The minimum Gasteiger partial charge on any atom is -0.354 e. The van der Waals surface area contributed by atoms with Crippen molar-refractivity contribution in [1.82, 2.24) is 0 Å². The summed E-state index contributed by atoms with van der Waals surface area (Å²) in [6.07, 6.45) is 0. The number of nitrogens with one attached hydrogen (secondary N) is 1. The molecular formula is C21H13ClN2O3. The number of non-ortho nitro benzene ring substituents is 1. The first-order valence-electron chi connectivity index (χ1n) is 8.20. The molecule has 3 aromatic carbocycles. The molecule has 0 unspecified atom stereocenters. The summed E-state index contributed by atoms with van der Waals surface area (Å²) in [6, 6.07) is 20.5. The summed E-state index contributed by atoms with van der Waals surface area (Å²) in [5.74, 6) is -0.121. The molecule has 0 saturated carbocycles. The van der Waals surface area contributed by atoms with Gasteiger partial charge in [0, 0.05) is 34.0 Å². The molecule has 0 atom stereocenters. The Morgan fingerprint density at radius 1 is 0.889 bits per heavy atom. The number of carbonyl (C=O) groups is 1. The van der Waals surface area contributed by atoms with E-state index >= 15 is 0 Å². The van der Waals surface area contributed by atoms with E-state index in [0.717, 1.165) is 11.3 Å². The molecule has 0 aliphatic heterocycles. The van der Waals surface area contributed by atoms with Crippen LogP contribution in [0.3, 0.4) is 0 Å². The molecule has 0 heterocycles. The number of fused-ring (bicyclic) bond motifs is 1. The van der Waals surface area contributed by atoms with Gasteiger partial charge in [-0.25, -0.2) is 0 Å². The molecular weight excluding hydrogens is 364 g/mol. The van der Waals surface area contributed by atoms with Crippen molar-refractivity contribution < 1.29 is 9.72 Å². The van der Waals surface area contributed by atoms with Gasteiger partial charge < -0.3 is 5.32 Å². The fourth-order valence-corrected chi connectivity index (χ4v) is 3.34. The molecule has 0 amide bonds. The van der Waals surface area contributed by atoms with Crippen molar-refractivity contribution >= 4 is 40.0 Å². The number of nitro groups is 1. The number of benzene rings is 3. The fourth-order valence-electron chi connectivity index (χ4n) is 3.15. The van der Waals surface area contributed by atoms with Gasteiger partial charge in [-0.3, -0.25) is 14.9 Å². The van der Waals surface area contributed by atoms with E-state index in [-0.39, 0.29) is 11.5 Å². The van der Waals surface area contributed by atoms with Crippen LogP contribution in [-0.4, -0.2) is 10.7 Å². The van der Waals surface area contributed by atoms with Gasteiger partial charge in [-0.05, 0) is 35.9 Å². The van der Waals surface area contributed by atoms with Gasteiger partial charge >= 0.3 is 0 Å². The third kappa shape index (κ3) is 3.09. The summed E-state index contributed by atoms with van der Waals surface area (Å²) in [5.41, 5.74) is 3.86. The Kier molecular flexibility index (Phi) is 4.22. The van der Waals surface area contributed by atoms with Gasteiger partial charge in [0.1, 0.15) is 0 Å². The smallest absolute Gasteiger partial charge is 0.269 e. The fraction of sp³-hybridized carbons (Fsp3) is 0. The Morgan fingerprint density at radius 3 is 2.26 bits per heavy atom. The number of halogens is 1. The molecule has 0 fully saturated rings. The van der Waals surface area contributed by atoms with Gasteiger partial charge in [-0.1, -0.05) is 41.9 Å². The lowest BCUT2D eigenvalue weighted by Gasteiger charge is -2.12. The molecule has 6 heteroatoms. The predicted octanol–water partition coefficient (Wildman–Crippen LogP) is 5.42. The largest absolute Gasteiger partial charge is 0.354 e. The highest BCUT2D eigenvalue weighted by Crippen LogP contribution is 2.39. The molecule has 0 aromatic heterocycles. The SMILES string of the molecule is O=C1C(c2ccc([N+](=O)[O-])cc2)=C(Nc2cccc(Cl)c2)c2ccccc21. The van der Waals surface area contributed by atoms with Crippen LogP contribution in [0.5, 0.6) is 0 Å². The third-order valence-electron chi connectivity index (χ3n) is 4.38. The van der Waals surface area contributed by atoms with Crippen LogP contribution >= 0.6 is 11.6 Å². The highest BCUT2D eigenvalue weighted by atomic mass is 35.5. The van der Waals surface area contributed by atoms with Gasteiger partial charge in [-0.2, -0.15) is 0 Å². The minimum absolute atomic E-state index is 0.0216. The zero-order valence-electron chi connectivity index (χ0n) is 14.0. The van der Waals surface area contributed by atoms with Crippen molar-refractivity contribution in [2.75, 3.05) is 5.32 Å². The Labute approximate surface area is 160 Å². The molecule has 1 aliphatic carbocycles. The van der Waals surface area contributed by atoms with E-state index in [1.807, 2.05) is 30.3 Å². The Hall–Kier alpha value is -3.44. The van der Waals surface area contributed by atoms with Crippen molar-refractivity contribution in [2.45, 2.75) is 0 Å². The van der Waals surface area contributed by atoms with Crippen LogP contribution in [0.1, 0.15) is 21.5 Å². The van der Waals surface area contributed by atoms with Crippen LogP contribution in [0, 0.1) is 10.1 Å². The first-order chi connectivity index (χ1) is 13.0. The van der Waals surface area contributed by atoms with Crippen LogP contribution in [0.4, 0.5) is 11.4 Å². The van der Waals surface area contributed by atoms with Crippen LogP contribution in [0.2, 0.25) is 5.02 Å². The maximum absolute atomic E-state index is 13.0. The molecule has 27 heavy (non-hydrogen) atoms. The van der Waals surface area contributed by atoms with Gasteiger partial charge in [0.2, 0.25) is 0 Å². The van der Waals surface area contributed by atoms with E-state index in [0.29, 0.717) is 27.4 Å². The van der Waals surface area contributed by atoms with Crippen LogP contribution in [-0.2, 0) is 0 Å². The van der Waals surface area contributed by atoms with E-state index in [4.69, 9.17) is 11.6 Å². The summed E-state index contributed by atoms with van der Waals surface area (Å²) >= 11 is 6.07. The van der Waals surface area contributed by atoms with Gasteiger partial charge in [0.15, 0.2) is 5.78 Å². The predicted molar refractivity (Wildman–Crippen MR) is 106 cm³/mol. The molecule has 0 radical (unpaired) electrons. The molecule has 0 saturated heterocycles. The van der Waals surface area contributed by atoms with Crippen molar-refractivity contribution in [3.8, 4) is 0 Å². The average Bonchev–Trinajstić information content (AvgIpc) is 2.94. The number of hydrogen-bond acceptors (Lipinski definition) is 4. The quantitative estimate of drug-likeness (QED) is 0.487. The number of allylic oxidation sites excluding steroid dienone is 1.